The third-order valence-electron chi connectivity index (χ3n) is 3.48. The zero-order valence-corrected chi connectivity index (χ0v) is 11.9. The van der Waals surface area contributed by atoms with E-state index in [1.54, 1.807) is 0 Å². The highest BCUT2D eigenvalue weighted by molar-refractivity contribution is 5.35. The molecule has 5 nitrogen and oxygen atoms in total. The lowest BCUT2D eigenvalue weighted by atomic mass is 9.99. The molecule has 5 heteroatoms. The van der Waals surface area contributed by atoms with Gasteiger partial charge in [0.2, 0.25) is 0 Å². The second-order valence-corrected chi connectivity index (χ2v) is 5.27. The van der Waals surface area contributed by atoms with Crippen molar-refractivity contribution in [2.24, 2.45) is 5.92 Å². The van der Waals surface area contributed by atoms with E-state index < -0.39 is 0 Å². The summed E-state index contributed by atoms with van der Waals surface area (Å²) >= 11 is 0. The van der Waals surface area contributed by atoms with E-state index in [1.165, 1.54) is 0 Å². The average Bonchev–Trinajstić information content (AvgIpc) is 2.38. The van der Waals surface area contributed by atoms with Gasteiger partial charge in [0.05, 0.1) is 6.54 Å². The van der Waals surface area contributed by atoms with Crippen LogP contribution < -0.4 is 5.32 Å². The van der Waals surface area contributed by atoms with Crippen LogP contribution in [0, 0.1) is 12.8 Å². The maximum Gasteiger partial charge on any atom is 0.144 e. The average molecular weight is 264 g/mol. The van der Waals surface area contributed by atoms with Crippen LogP contribution in [-0.4, -0.2) is 46.2 Å². The van der Waals surface area contributed by atoms with Crippen LogP contribution in [-0.2, 0) is 6.54 Å². The molecule has 0 radical (unpaired) electrons. The van der Waals surface area contributed by atoms with Crippen molar-refractivity contribution in [3.63, 3.8) is 0 Å². The zero-order chi connectivity index (χ0) is 13.7. The number of likely N-dealkylation sites (tertiary alicyclic amines) is 1. The Morgan fingerprint density at radius 1 is 1.47 bits per heavy atom. The number of aliphatic hydroxyl groups is 1. The molecule has 2 N–H and O–H groups in total. The van der Waals surface area contributed by atoms with Gasteiger partial charge >= 0.3 is 0 Å². The number of aryl methyl sites for hydroxylation is 1. The Bertz CT molecular complexity index is 410. The SMILES string of the molecule is CCNc1cc(C)nc(CN2CCCC(CO)C2)n1. The van der Waals surface area contributed by atoms with Gasteiger partial charge in [-0.05, 0) is 39.2 Å². The van der Waals surface area contributed by atoms with Gasteiger partial charge < -0.3 is 10.4 Å². The summed E-state index contributed by atoms with van der Waals surface area (Å²) in [5.41, 5.74) is 0.997. The van der Waals surface area contributed by atoms with E-state index in [1.807, 2.05) is 13.0 Å². The van der Waals surface area contributed by atoms with E-state index in [2.05, 4.69) is 27.1 Å². The first-order valence-electron chi connectivity index (χ1n) is 7.13. The third-order valence-corrected chi connectivity index (χ3v) is 3.48. The predicted octanol–water partition coefficient (Wildman–Crippen LogP) is 1.42. The number of nitrogens with zero attached hydrogens (tertiary/aromatic N) is 3. The highest BCUT2D eigenvalue weighted by atomic mass is 16.3. The van der Waals surface area contributed by atoms with Crippen molar-refractivity contribution >= 4 is 5.82 Å². The number of anilines is 1. The molecule has 0 saturated carbocycles. The fourth-order valence-corrected chi connectivity index (χ4v) is 2.62. The zero-order valence-electron chi connectivity index (χ0n) is 11.9. The highest BCUT2D eigenvalue weighted by Crippen LogP contribution is 2.17. The molecule has 1 unspecified atom stereocenters. The van der Waals surface area contributed by atoms with Crippen LogP contribution >= 0.6 is 0 Å². The van der Waals surface area contributed by atoms with Gasteiger partial charge in [0, 0.05) is 31.5 Å². The summed E-state index contributed by atoms with van der Waals surface area (Å²) in [4.78, 5) is 11.4. The van der Waals surface area contributed by atoms with Crippen LogP contribution in [0.1, 0.15) is 31.3 Å². The van der Waals surface area contributed by atoms with E-state index in [4.69, 9.17) is 0 Å². The van der Waals surface area contributed by atoms with E-state index in [0.29, 0.717) is 5.92 Å². The normalized spacial score (nSPS) is 20.5. The molecule has 0 spiro atoms. The quantitative estimate of drug-likeness (QED) is 0.842. The Morgan fingerprint density at radius 3 is 3.05 bits per heavy atom. The van der Waals surface area contributed by atoms with Crippen LogP contribution in [0.5, 0.6) is 0 Å². The van der Waals surface area contributed by atoms with Crippen molar-refractivity contribution in [3.8, 4) is 0 Å². The number of piperidine rings is 1. The highest BCUT2D eigenvalue weighted by Gasteiger charge is 2.20. The second kappa shape index (κ2) is 6.82. The first kappa shape index (κ1) is 14.2. The monoisotopic (exact) mass is 264 g/mol. The van der Waals surface area contributed by atoms with Gasteiger partial charge in [-0.3, -0.25) is 4.90 Å². The third kappa shape index (κ3) is 4.14. The predicted molar refractivity (Wildman–Crippen MR) is 76.0 cm³/mol. The molecule has 1 fully saturated rings. The Balaban J connectivity index is 2.01. The lowest BCUT2D eigenvalue weighted by molar-refractivity contribution is 0.114. The minimum absolute atomic E-state index is 0.286. The summed E-state index contributed by atoms with van der Waals surface area (Å²) < 4.78 is 0. The molecule has 0 aromatic carbocycles. The van der Waals surface area contributed by atoms with Gasteiger partial charge in [-0.1, -0.05) is 0 Å². The molecule has 106 valence electrons. The Kier molecular flexibility index (Phi) is 5.10. The lowest BCUT2D eigenvalue weighted by Crippen LogP contribution is -2.36. The second-order valence-electron chi connectivity index (χ2n) is 5.27. The van der Waals surface area contributed by atoms with Gasteiger partial charge in [-0.2, -0.15) is 0 Å². The van der Waals surface area contributed by atoms with Crippen molar-refractivity contribution in [2.75, 3.05) is 31.6 Å². The van der Waals surface area contributed by atoms with Crippen LogP contribution in [0.15, 0.2) is 6.07 Å². The van der Waals surface area contributed by atoms with Crippen molar-refractivity contribution in [1.82, 2.24) is 14.9 Å². The molecule has 1 atom stereocenters. The van der Waals surface area contributed by atoms with E-state index in [0.717, 1.165) is 56.4 Å². The number of hydrogen-bond acceptors (Lipinski definition) is 5. The molecule has 1 aliphatic rings. The van der Waals surface area contributed by atoms with E-state index in [9.17, 15) is 5.11 Å². The maximum absolute atomic E-state index is 9.27. The molecule has 0 amide bonds. The summed E-state index contributed by atoms with van der Waals surface area (Å²) in [5, 5.41) is 12.5. The van der Waals surface area contributed by atoms with Gasteiger partial charge in [0.15, 0.2) is 0 Å². The minimum Gasteiger partial charge on any atom is -0.396 e. The Morgan fingerprint density at radius 2 is 2.32 bits per heavy atom. The van der Waals surface area contributed by atoms with Gasteiger partial charge in [-0.15, -0.1) is 0 Å². The molecular formula is C14H24N4O. The molecule has 0 bridgehead atoms. The van der Waals surface area contributed by atoms with Crippen molar-refractivity contribution in [3.05, 3.63) is 17.6 Å². The van der Waals surface area contributed by atoms with Crippen LogP contribution in [0.4, 0.5) is 5.82 Å². The molecule has 1 saturated heterocycles. The largest absolute Gasteiger partial charge is 0.396 e. The van der Waals surface area contributed by atoms with Crippen LogP contribution in [0.2, 0.25) is 0 Å². The summed E-state index contributed by atoms with van der Waals surface area (Å²) in [7, 11) is 0. The molecule has 1 aromatic rings. The maximum atomic E-state index is 9.27. The summed E-state index contributed by atoms with van der Waals surface area (Å²) in [6.45, 7) is 8.01. The molecule has 2 rings (SSSR count). The Labute approximate surface area is 115 Å². The summed E-state index contributed by atoms with van der Waals surface area (Å²) in [6, 6.07) is 1.97. The topological polar surface area (TPSA) is 61.3 Å². The fraction of sp³-hybridized carbons (Fsp3) is 0.714. The first-order valence-corrected chi connectivity index (χ1v) is 7.13. The standard InChI is InChI=1S/C14H24N4O/c1-3-15-13-7-11(2)16-14(17-13)9-18-6-4-5-12(8-18)10-19/h7,12,19H,3-6,8-10H2,1-2H3,(H,15,16,17). The summed E-state index contributed by atoms with van der Waals surface area (Å²) in [6.07, 6.45) is 2.28. The van der Waals surface area contributed by atoms with Crippen molar-refractivity contribution < 1.29 is 5.11 Å². The minimum atomic E-state index is 0.286. The number of rotatable bonds is 5. The van der Waals surface area contributed by atoms with Gasteiger partial charge in [0.1, 0.15) is 11.6 Å². The number of aliphatic hydroxyl groups excluding tert-OH is 1. The number of nitrogens with one attached hydrogen (secondary N) is 1. The molecule has 19 heavy (non-hydrogen) atoms. The van der Waals surface area contributed by atoms with Crippen molar-refractivity contribution in [2.45, 2.75) is 33.2 Å². The van der Waals surface area contributed by atoms with E-state index in [-0.39, 0.29) is 6.61 Å². The Hall–Kier alpha value is -1.20. The molecular weight excluding hydrogens is 240 g/mol. The fourth-order valence-electron chi connectivity index (χ4n) is 2.62. The number of aromatic nitrogens is 2. The van der Waals surface area contributed by atoms with Crippen LogP contribution in [0.3, 0.4) is 0 Å². The number of hydrogen-bond donors (Lipinski definition) is 2. The van der Waals surface area contributed by atoms with Gasteiger partial charge in [-0.25, -0.2) is 9.97 Å². The lowest BCUT2D eigenvalue weighted by Gasteiger charge is -2.31. The molecule has 2 heterocycles. The summed E-state index contributed by atoms with van der Waals surface area (Å²) in [5.74, 6) is 2.18. The van der Waals surface area contributed by atoms with E-state index >= 15 is 0 Å². The van der Waals surface area contributed by atoms with Crippen LogP contribution in [0.25, 0.3) is 0 Å². The first-order chi connectivity index (χ1) is 9.21. The molecule has 1 aliphatic heterocycles. The van der Waals surface area contributed by atoms with Crippen molar-refractivity contribution in [1.29, 1.82) is 0 Å². The molecule has 1 aromatic heterocycles. The smallest absolute Gasteiger partial charge is 0.144 e. The van der Waals surface area contributed by atoms with Gasteiger partial charge in [0.25, 0.3) is 0 Å². The molecule has 0 aliphatic carbocycles.